The van der Waals surface area contributed by atoms with Crippen LogP contribution in [0.5, 0.6) is 0 Å². The van der Waals surface area contributed by atoms with Gasteiger partial charge in [-0.2, -0.15) is 0 Å². The van der Waals surface area contributed by atoms with Gasteiger partial charge in [0, 0.05) is 6.42 Å². The molecule has 1 aromatic rings. The molecule has 1 heterocycles. The van der Waals surface area contributed by atoms with E-state index < -0.39 is 11.3 Å². The van der Waals surface area contributed by atoms with Crippen LogP contribution in [-0.2, 0) is 9.59 Å². The fourth-order valence-corrected chi connectivity index (χ4v) is 2.41. The van der Waals surface area contributed by atoms with Gasteiger partial charge in [0.25, 0.3) is 0 Å². The molecule has 0 bridgehead atoms. The molecule has 1 atom stereocenters. The number of carbonyl (C=O) groups is 2. The van der Waals surface area contributed by atoms with Gasteiger partial charge in [0.2, 0.25) is 11.8 Å². The number of amides is 2. The highest BCUT2D eigenvalue weighted by Gasteiger charge is 2.42. The summed E-state index contributed by atoms with van der Waals surface area (Å²) in [6.07, 6.45) is 0.264. The summed E-state index contributed by atoms with van der Waals surface area (Å²) < 4.78 is 13.2. The van der Waals surface area contributed by atoms with E-state index in [1.165, 1.54) is 12.1 Å². The molecule has 4 heteroatoms. The molecule has 1 aliphatic heterocycles. The SMILES string of the molecule is CC1(C)CC(=O)NC(=O)C1c1cccc(F)c1. The number of rotatable bonds is 1. The van der Waals surface area contributed by atoms with Gasteiger partial charge in [-0.3, -0.25) is 14.9 Å². The Bertz CT molecular complexity index is 482. The normalized spacial score (nSPS) is 23.4. The van der Waals surface area contributed by atoms with Gasteiger partial charge in [0.15, 0.2) is 0 Å². The summed E-state index contributed by atoms with van der Waals surface area (Å²) in [5, 5.41) is 2.30. The Morgan fingerprint density at radius 1 is 1.35 bits per heavy atom. The van der Waals surface area contributed by atoms with E-state index in [2.05, 4.69) is 5.32 Å². The van der Waals surface area contributed by atoms with Gasteiger partial charge in [-0.25, -0.2) is 4.39 Å². The highest BCUT2D eigenvalue weighted by Crippen LogP contribution is 2.41. The number of piperidine rings is 1. The highest BCUT2D eigenvalue weighted by atomic mass is 19.1. The van der Waals surface area contributed by atoms with Crippen molar-refractivity contribution in [3.8, 4) is 0 Å². The van der Waals surface area contributed by atoms with Gasteiger partial charge in [-0.1, -0.05) is 26.0 Å². The third kappa shape index (κ3) is 2.20. The summed E-state index contributed by atoms with van der Waals surface area (Å²) in [6, 6.07) is 5.97. The smallest absolute Gasteiger partial charge is 0.234 e. The molecule has 0 spiro atoms. The van der Waals surface area contributed by atoms with Crippen molar-refractivity contribution in [2.75, 3.05) is 0 Å². The Hall–Kier alpha value is -1.71. The number of hydrogen-bond acceptors (Lipinski definition) is 2. The monoisotopic (exact) mass is 235 g/mol. The molecule has 0 radical (unpaired) electrons. The Balaban J connectivity index is 2.42. The second-order valence-electron chi connectivity index (χ2n) is 5.07. The number of hydrogen-bond donors (Lipinski definition) is 1. The third-order valence-electron chi connectivity index (χ3n) is 3.10. The molecule has 1 fully saturated rings. The zero-order valence-corrected chi connectivity index (χ0v) is 9.79. The van der Waals surface area contributed by atoms with E-state index in [9.17, 15) is 14.0 Å². The third-order valence-corrected chi connectivity index (χ3v) is 3.10. The molecule has 90 valence electrons. The van der Waals surface area contributed by atoms with E-state index in [1.54, 1.807) is 12.1 Å². The molecule has 1 N–H and O–H groups in total. The Morgan fingerprint density at radius 3 is 2.65 bits per heavy atom. The van der Waals surface area contributed by atoms with Crippen molar-refractivity contribution in [2.24, 2.45) is 5.41 Å². The molecule has 1 aliphatic rings. The minimum atomic E-state index is -0.493. The predicted molar refractivity (Wildman–Crippen MR) is 60.7 cm³/mol. The Morgan fingerprint density at radius 2 is 2.06 bits per heavy atom. The van der Waals surface area contributed by atoms with E-state index in [1.807, 2.05) is 13.8 Å². The van der Waals surface area contributed by atoms with Crippen LogP contribution in [0.25, 0.3) is 0 Å². The number of carbonyl (C=O) groups excluding carboxylic acids is 2. The predicted octanol–water partition coefficient (Wildman–Crippen LogP) is 1.98. The van der Waals surface area contributed by atoms with Crippen LogP contribution in [0, 0.1) is 11.2 Å². The zero-order valence-electron chi connectivity index (χ0n) is 9.79. The van der Waals surface area contributed by atoms with Gasteiger partial charge in [-0.05, 0) is 23.1 Å². The maximum Gasteiger partial charge on any atom is 0.234 e. The molecule has 2 amide bonds. The molecule has 17 heavy (non-hydrogen) atoms. The first-order valence-electron chi connectivity index (χ1n) is 5.49. The second kappa shape index (κ2) is 3.95. The first kappa shape index (κ1) is 11.8. The van der Waals surface area contributed by atoms with Crippen molar-refractivity contribution in [3.63, 3.8) is 0 Å². The lowest BCUT2D eigenvalue weighted by Gasteiger charge is -2.36. The van der Waals surface area contributed by atoms with E-state index >= 15 is 0 Å². The standard InChI is InChI=1S/C13H14FNO2/c1-13(2)7-10(16)15-12(17)11(13)8-4-3-5-9(14)6-8/h3-6,11H,7H2,1-2H3,(H,15,16,17). The van der Waals surface area contributed by atoms with E-state index in [0.29, 0.717) is 5.56 Å². The Labute approximate surface area is 99.0 Å². The van der Waals surface area contributed by atoms with Crippen molar-refractivity contribution in [1.82, 2.24) is 5.32 Å². The van der Waals surface area contributed by atoms with Gasteiger partial charge >= 0.3 is 0 Å². The molecule has 1 aromatic carbocycles. The second-order valence-corrected chi connectivity index (χ2v) is 5.07. The fourth-order valence-electron chi connectivity index (χ4n) is 2.41. The quantitative estimate of drug-likeness (QED) is 0.756. The fraction of sp³-hybridized carbons (Fsp3) is 0.385. The average Bonchev–Trinajstić information content (AvgIpc) is 2.13. The number of imide groups is 1. The molecule has 2 rings (SSSR count). The van der Waals surface area contributed by atoms with Crippen LogP contribution >= 0.6 is 0 Å². The molecule has 0 aromatic heterocycles. The topological polar surface area (TPSA) is 46.2 Å². The number of halogens is 1. The van der Waals surface area contributed by atoms with E-state index in [4.69, 9.17) is 0 Å². The lowest BCUT2D eigenvalue weighted by molar-refractivity contribution is -0.138. The summed E-state index contributed by atoms with van der Waals surface area (Å²) in [5.74, 6) is -1.48. The van der Waals surface area contributed by atoms with Crippen molar-refractivity contribution in [1.29, 1.82) is 0 Å². The van der Waals surface area contributed by atoms with Crippen LogP contribution in [0.4, 0.5) is 4.39 Å². The molecular weight excluding hydrogens is 221 g/mol. The lowest BCUT2D eigenvalue weighted by Crippen LogP contribution is -2.48. The van der Waals surface area contributed by atoms with Crippen LogP contribution in [0.1, 0.15) is 31.7 Å². The molecular formula is C13H14FNO2. The summed E-state index contributed by atoms with van der Waals surface area (Å²) >= 11 is 0. The summed E-state index contributed by atoms with van der Waals surface area (Å²) in [5.41, 5.74) is 0.118. The number of nitrogens with one attached hydrogen (secondary N) is 1. The molecule has 1 saturated heterocycles. The first-order valence-corrected chi connectivity index (χ1v) is 5.49. The van der Waals surface area contributed by atoms with Crippen molar-refractivity contribution < 1.29 is 14.0 Å². The van der Waals surface area contributed by atoms with Crippen LogP contribution in [-0.4, -0.2) is 11.8 Å². The van der Waals surface area contributed by atoms with Gasteiger partial charge in [0.05, 0.1) is 5.92 Å². The maximum absolute atomic E-state index is 13.2. The van der Waals surface area contributed by atoms with Crippen LogP contribution < -0.4 is 5.32 Å². The van der Waals surface area contributed by atoms with Crippen molar-refractivity contribution >= 4 is 11.8 Å². The van der Waals surface area contributed by atoms with Gasteiger partial charge in [-0.15, -0.1) is 0 Å². The minimum absolute atomic E-state index is 0.264. The zero-order chi connectivity index (χ0) is 12.6. The molecule has 0 aliphatic carbocycles. The van der Waals surface area contributed by atoms with E-state index in [0.717, 1.165) is 0 Å². The molecule has 0 saturated carbocycles. The highest BCUT2D eigenvalue weighted by molar-refractivity contribution is 6.02. The van der Waals surface area contributed by atoms with Gasteiger partial charge in [0.1, 0.15) is 5.82 Å². The largest absolute Gasteiger partial charge is 0.296 e. The van der Waals surface area contributed by atoms with Crippen LogP contribution in [0.15, 0.2) is 24.3 Å². The molecule has 1 unspecified atom stereocenters. The lowest BCUT2D eigenvalue weighted by atomic mass is 9.70. The van der Waals surface area contributed by atoms with Crippen molar-refractivity contribution in [3.05, 3.63) is 35.6 Å². The van der Waals surface area contributed by atoms with Crippen molar-refractivity contribution in [2.45, 2.75) is 26.2 Å². The molecule has 3 nitrogen and oxygen atoms in total. The number of benzene rings is 1. The summed E-state index contributed by atoms with van der Waals surface area (Å²) in [6.45, 7) is 3.69. The van der Waals surface area contributed by atoms with E-state index in [-0.39, 0.29) is 24.1 Å². The Kier molecular flexibility index (Phi) is 2.73. The minimum Gasteiger partial charge on any atom is -0.296 e. The summed E-state index contributed by atoms with van der Waals surface area (Å²) in [7, 11) is 0. The van der Waals surface area contributed by atoms with Gasteiger partial charge < -0.3 is 0 Å². The first-order chi connectivity index (χ1) is 7.90. The average molecular weight is 235 g/mol. The van der Waals surface area contributed by atoms with Crippen LogP contribution in [0.3, 0.4) is 0 Å². The maximum atomic E-state index is 13.2. The van der Waals surface area contributed by atoms with Crippen LogP contribution in [0.2, 0.25) is 0 Å². The summed E-state index contributed by atoms with van der Waals surface area (Å²) in [4.78, 5) is 23.2.